The first-order chi connectivity index (χ1) is 19.2. The van der Waals surface area contributed by atoms with Gasteiger partial charge in [-0.25, -0.2) is 4.39 Å². The average Bonchev–Trinajstić information content (AvgIpc) is 2.89. The van der Waals surface area contributed by atoms with Crippen LogP contribution in [0.2, 0.25) is 0 Å². The highest BCUT2D eigenvalue weighted by Gasteiger charge is 2.38. The maximum absolute atomic E-state index is 14.7. The van der Waals surface area contributed by atoms with Crippen molar-refractivity contribution in [3.05, 3.63) is 93.3 Å². The Kier molecular flexibility index (Phi) is 9.51. The molecule has 3 aromatic rings. The number of hydrogen-bond acceptors (Lipinski definition) is 2. The summed E-state index contributed by atoms with van der Waals surface area (Å²) in [4.78, 5) is 4.02. The van der Waals surface area contributed by atoms with E-state index in [9.17, 15) is 49.0 Å². The number of aliphatic hydroxyl groups excluding tert-OH is 1. The summed E-state index contributed by atoms with van der Waals surface area (Å²) < 4.78 is 135. The first kappa shape index (κ1) is 33.1. The summed E-state index contributed by atoms with van der Waals surface area (Å²) in [6.45, 7) is 6.40. The van der Waals surface area contributed by atoms with Crippen LogP contribution in [-0.4, -0.2) is 17.4 Å². The van der Waals surface area contributed by atoms with Crippen molar-refractivity contribution in [3.8, 4) is 11.1 Å². The summed E-state index contributed by atoms with van der Waals surface area (Å²) in [5.74, 6) is -0.741. The van der Waals surface area contributed by atoms with Gasteiger partial charge in [-0.1, -0.05) is 26.8 Å². The second kappa shape index (κ2) is 12.1. The average molecular weight is 608 g/mol. The molecular weight excluding hydrogens is 580 g/mol. The van der Waals surface area contributed by atoms with Crippen LogP contribution in [0.15, 0.2) is 53.5 Å². The van der Waals surface area contributed by atoms with Gasteiger partial charge in [-0.15, -0.1) is 0 Å². The van der Waals surface area contributed by atoms with Gasteiger partial charge in [0, 0.05) is 11.8 Å². The summed E-state index contributed by atoms with van der Waals surface area (Å²) in [6, 6.07) is 4.89. The van der Waals surface area contributed by atoms with Crippen LogP contribution >= 0.6 is 0 Å². The molecule has 0 saturated heterocycles. The van der Waals surface area contributed by atoms with Gasteiger partial charge in [0.05, 0.1) is 22.7 Å². The Morgan fingerprint density at radius 3 is 1.76 bits per heavy atom. The third kappa shape index (κ3) is 7.50. The lowest BCUT2D eigenvalue weighted by molar-refractivity contribution is -0.143. The Morgan fingerprint density at radius 2 is 1.29 bits per heavy atom. The minimum absolute atomic E-state index is 0.0848. The summed E-state index contributed by atoms with van der Waals surface area (Å²) in [7, 11) is 0. The van der Waals surface area contributed by atoms with Crippen LogP contribution in [0.25, 0.3) is 11.1 Å². The maximum Gasteiger partial charge on any atom is 0.416 e. The van der Waals surface area contributed by atoms with Gasteiger partial charge in [0.1, 0.15) is 11.9 Å². The van der Waals surface area contributed by atoms with Gasteiger partial charge in [-0.05, 0) is 89.5 Å². The third-order valence-electron chi connectivity index (χ3n) is 6.75. The van der Waals surface area contributed by atoms with Gasteiger partial charge in [-0.3, -0.25) is 4.99 Å². The first-order valence-corrected chi connectivity index (χ1v) is 12.8. The van der Waals surface area contributed by atoms with Crippen LogP contribution < -0.4 is 0 Å². The lowest BCUT2D eigenvalue weighted by Crippen LogP contribution is -2.17. The van der Waals surface area contributed by atoms with Crippen molar-refractivity contribution in [2.24, 2.45) is 4.99 Å². The fourth-order valence-corrected chi connectivity index (χ4v) is 4.42. The zero-order valence-corrected chi connectivity index (χ0v) is 22.8. The quantitative estimate of drug-likeness (QED) is 0.211. The van der Waals surface area contributed by atoms with Gasteiger partial charge in [0.25, 0.3) is 0 Å². The first-order valence-electron chi connectivity index (χ1n) is 12.8. The van der Waals surface area contributed by atoms with E-state index in [0.717, 1.165) is 18.3 Å². The lowest BCUT2D eigenvalue weighted by Gasteiger charge is -2.20. The predicted molar refractivity (Wildman–Crippen MR) is 139 cm³/mol. The van der Waals surface area contributed by atoms with E-state index < -0.39 is 58.7 Å². The Morgan fingerprint density at radius 1 is 0.738 bits per heavy atom. The summed E-state index contributed by atoms with van der Waals surface area (Å²) in [6.07, 6.45) is -15.7. The molecule has 0 radical (unpaired) electrons. The Balaban J connectivity index is 2.13. The van der Waals surface area contributed by atoms with Crippen molar-refractivity contribution in [1.29, 1.82) is 0 Å². The lowest BCUT2D eigenvalue weighted by atomic mass is 9.89. The summed E-state index contributed by atoms with van der Waals surface area (Å²) >= 11 is 0. The molecule has 0 heterocycles. The molecule has 228 valence electrons. The maximum atomic E-state index is 14.7. The van der Waals surface area contributed by atoms with Gasteiger partial charge in [0.2, 0.25) is 0 Å². The third-order valence-corrected chi connectivity index (χ3v) is 6.75. The summed E-state index contributed by atoms with van der Waals surface area (Å²) in [5.41, 5.74) is -3.65. The normalized spacial score (nSPS) is 14.6. The molecule has 0 aliphatic heterocycles. The molecule has 0 spiro atoms. The van der Waals surface area contributed by atoms with E-state index >= 15 is 0 Å². The molecule has 1 N–H and O–H groups in total. The van der Waals surface area contributed by atoms with Gasteiger partial charge in [0.15, 0.2) is 0 Å². The van der Waals surface area contributed by atoms with Crippen LogP contribution in [0.4, 0.5) is 43.9 Å². The molecule has 3 aromatic carbocycles. The molecule has 2 atom stereocenters. The van der Waals surface area contributed by atoms with Crippen LogP contribution in [0, 0.1) is 5.82 Å². The van der Waals surface area contributed by atoms with Crippen molar-refractivity contribution in [2.45, 2.75) is 70.7 Å². The fraction of sp³-hybridized carbons (Fsp3) is 0.367. The minimum atomic E-state index is -5.14. The second-order valence-electron chi connectivity index (χ2n) is 10.1. The molecule has 0 aliphatic rings. The van der Waals surface area contributed by atoms with Crippen LogP contribution in [0.5, 0.6) is 0 Å². The minimum Gasteiger partial charge on any atom is -0.386 e. The molecule has 0 aliphatic carbocycles. The number of aliphatic hydroxyl groups is 1. The topological polar surface area (TPSA) is 32.6 Å². The number of aliphatic imine (C=N–C) groups is 1. The Bertz CT molecular complexity index is 1420. The zero-order valence-electron chi connectivity index (χ0n) is 22.8. The number of nitrogens with zero attached hydrogens (tertiary/aromatic N) is 1. The monoisotopic (exact) mass is 607 g/mol. The Labute approximate surface area is 235 Å². The van der Waals surface area contributed by atoms with Crippen molar-refractivity contribution in [2.75, 3.05) is 0 Å². The van der Waals surface area contributed by atoms with Gasteiger partial charge >= 0.3 is 18.5 Å². The van der Waals surface area contributed by atoms with E-state index in [4.69, 9.17) is 0 Å². The van der Waals surface area contributed by atoms with Crippen LogP contribution in [-0.2, 0) is 24.9 Å². The highest BCUT2D eigenvalue weighted by molar-refractivity contribution is 5.91. The molecular formula is C30H27F10NO. The second-order valence-corrected chi connectivity index (χ2v) is 10.1. The Hall–Kier alpha value is -3.41. The highest BCUT2D eigenvalue weighted by atomic mass is 19.4. The molecule has 2 unspecified atom stereocenters. The van der Waals surface area contributed by atoms with Crippen LogP contribution in [0.1, 0.15) is 78.7 Å². The molecule has 0 bridgehead atoms. The number of aryl methyl sites for hydroxylation is 1. The molecule has 12 heteroatoms. The standard InChI is InChI=1S/C30H27F10NO/c1-5-17-11-26(31)24(15(2)3)13-25(17)23-7-6-20(28(32,33)34)10-19(23)14-41-16(4)27(42)18-8-21(29(35,36)37)12-22(9-18)30(38,39)40/h6-16,27,42H,5H2,1-4H3. The number of rotatable bonds is 7. The van der Waals surface area contributed by atoms with Gasteiger partial charge < -0.3 is 5.11 Å². The molecule has 42 heavy (non-hydrogen) atoms. The SMILES string of the molecule is CCc1cc(F)c(C(C)C)cc1-c1ccc(C(F)(F)F)cc1C=NC(C)C(O)c1cc(C(F)(F)F)cc(C(F)(F)F)c1. The highest BCUT2D eigenvalue weighted by Crippen LogP contribution is 2.39. The van der Waals surface area contributed by atoms with Crippen molar-refractivity contribution in [3.63, 3.8) is 0 Å². The fourth-order valence-electron chi connectivity index (χ4n) is 4.42. The van der Waals surface area contributed by atoms with E-state index in [2.05, 4.69) is 4.99 Å². The number of halogens is 10. The molecule has 0 saturated carbocycles. The zero-order chi connectivity index (χ0) is 31.8. The van der Waals surface area contributed by atoms with E-state index in [1.807, 2.05) is 0 Å². The smallest absolute Gasteiger partial charge is 0.386 e. The largest absolute Gasteiger partial charge is 0.416 e. The van der Waals surface area contributed by atoms with E-state index in [1.54, 1.807) is 20.8 Å². The van der Waals surface area contributed by atoms with Crippen molar-refractivity contribution < 1.29 is 49.0 Å². The molecule has 0 aromatic heterocycles. The number of hydrogen-bond donors (Lipinski definition) is 1. The number of benzene rings is 3. The van der Waals surface area contributed by atoms with Crippen molar-refractivity contribution in [1.82, 2.24) is 0 Å². The molecule has 0 amide bonds. The van der Waals surface area contributed by atoms with E-state index in [1.165, 1.54) is 25.1 Å². The molecule has 0 fully saturated rings. The summed E-state index contributed by atoms with van der Waals surface area (Å²) in [5, 5.41) is 10.7. The molecule has 2 nitrogen and oxygen atoms in total. The van der Waals surface area contributed by atoms with Crippen molar-refractivity contribution >= 4 is 6.21 Å². The van der Waals surface area contributed by atoms with Gasteiger partial charge in [-0.2, -0.15) is 39.5 Å². The van der Waals surface area contributed by atoms with E-state index in [0.29, 0.717) is 35.2 Å². The predicted octanol–water partition coefficient (Wildman–Crippen LogP) is 9.78. The van der Waals surface area contributed by atoms with E-state index in [-0.39, 0.29) is 23.1 Å². The van der Waals surface area contributed by atoms with Crippen LogP contribution in [0.3, 0.4) is 0 Å². The molecule has 3 rings (SSSR count). The number of alkyl halides is 9.